The van der Waals surface area contributed by atoms with E-state index in [2.05, 4.69) is 162 Å². The van der Waals surface area contributed by atoms with Crippen molar-refractivity contribution in [3.05, 3.63) is 182 Å². The van der Waals surface area contributed by atoms with Crippen LogP contribution >= 0.6 is 11.3 Å². The normalized spacial score (nSPS) is 11.9. The molecule has 4 heterocycles. The number of aromatic nitrogens is 4. The predicted molar refractivity (Wildman–Crippen MR) is 236 cm³/mol. The highest BCUT2D eigenvalue weighted by molar-refractivity contribution is 7.25. The second kappa shape index (κ2) is 12.6. The molecular formula is C51H30N4OS. The van der Waals surface area contributed by atoms with Gasteiger partial charge in [-0.05, 0) is 71.8 Å². The van der Waals surface area contributed by atoms with Gasteiger partial charge in [-0.25, -0.2) is 15.0 Å². The molecule has 8 aromatic carbocycles. The third-order valence-corrected chi connectivity index (χ3v) is 12.2. The van der Waals surface area contributed by atoms with Crippen LogP contribution in [-0.4, -0.2) is 19.5 Å². The van der Waals surface area contributed by atoms with Crippen molar-refractivity contribution in [2.75, 3.05) is 0 Å². The van der Waals surface area contributed by atoms with Gasteiger partial charge in [0.15, 0.2) is 17.5 Å². The largest absolute Gasteiger partial charge is 0.455 e. The van der Waals surface area contributed by atoms with E-state index in [9.17, 15) is 0 Å². The Bertz CT molecular complexity index is 3470. The fraction of sp³-hybridized carbons (Fsp3) is 0. The van der Waals surface area contributed by atoms with E-state index in [-0.39, 0.29) is 0 Å². The zero-order valence-corrected chi connectivity index (χ0v) is 31.2. The second-order valence-corrected chi connectivity index (χ2v) is 15.5. The molecule has 12 rings (SSSR count). The molecule has 0 aliphatic heterocycles. The number of thiophene rings is 1. The monoisotopic (exact) mass is 746 g/mol. The quantitative estimate of drug-likeness (QED) is 0.176. The summed E-state index contributed by atoms with van der Waals surface area (Å²) >= 11 is 1.80. The SMILES string of the molecule is c1ccc(-c2ccc3oc4c(-c5nc(-c6ccccc6)nc(-c6ccc7sc8ccccc8c7c6)n5)cc(-n5c6ccccc6c6ccccc65)cc4c3c2)cc1. The van der Waals surface area contributed by atoms with Crippen LogP contribution in [0.4, 0.5) is 0 Å². The average Bonchev–Trinajstić information content (AvgIpc) is 3.95. The lowest BCUT2D eigenvalue weighted by Crippen LogP contribution is -2.01. The Morgan fingerprint density at radius 2 is 0.965 bits per heavy atom. The van der Waals surface area contributed by atoms with Crippen molar-refractivity contribution in [2.45, 2.75) is 0 Å². The second-order valence-electron chi connectivity index (χ2n) is 14.4. The minimum atomic E-state index is 0.545. The third kappa shape index (κ3) is 5.12. The van der Waals surface area contributed by atoms with Gasteiger partial charge in [-0.2, -0.15) is 0 Å². The number of para-hydroxylation sites is 2. The fourth-order valence-electron chi connectivity index (χ4n) is 8.38. The van der Waals surface area contributed by atoms with Crippen molar-refractivity contribution in [3.8, 4) is 51.0 Å². The summed E-state index contributed by atoms with van der Waals surface area (Å²) in [5.74, 6) is 1.75. The van der Waals surface area contributed by atoms with E-state index in [1.165, 1.54) is 30.9 Å². The van der Waals surface area contributed by atoms with Crippen LogP contribution in [0.3, 0.4) is 0 Å². The van der Waals surface area contributed by atoms with Gasteiger partial charge in [0.25, 0.3) is 0 Å². The van der Waals surface area contributed by atoms with Gasteiger partial charge < -0.3 is 8.98 Å². The topological polar surface area (TPSA) is 56.7 Å². The van der Waals surface area contributed by atoms with E-state index >= 15 is 0 Å². The molecule has 266 valence electrons. The Hall–Kier alpha value is -7.41. The zero-order chi connectivity index (χ0) is 37.5. The predicted octanol–water partition coefficient (Wildman–Crippen LogP) is 13.9. The van der Waals surface area contributed by atoms with Crippen LogP contribution in [0, 0.1) is 0 Å². The average molecular weight is 747 g/mol. The molecule has 5 nitrogen and oxygen atoms in total. The molecule has 0 bridgehead atoms. The first-order valence-electron chi connectivity index (χ1n) is 19.0. The third-order valence-electron chi connectivity index (χ3n) is 11.0. The molecule has 0 N–H and O–H groups in total. The van der Waals surface area contributed by atoms with Gasteiger partial charge in [0, 0.05) is 58.5 Å². The van der Waals surface area contributed by atoms with E-state index < -0.39 is 0 Å². The lowest BCUT2D eigenvalue weighted by Gasteiger charge is -2.12. The molecular weight excluding hydrogens is 717 g/mol. The van der Waals surface area contributed by atoms with E-state index in [1.807, 2.05) is 24.3 Å². The summed E-state index contributed by atoms with van der Waals surface area (Å²) in [5, 5.41) is 6.84. The minimum Gasteiger partial charge on any atom is -0.455 e. The molecule has 0 spiro atoms. The van der Waals surface area contributed by atoms with Gasteiger partial charge in [0.05, 0.1) is 16.6 Å². The highest BCUT2D eigenvalue weighted by Gasteiger charge is 2.22. The standard InChI is InChI=1S/C51H30N4OS/c1-3-13-31(14-4-1)33-23-25-45-39(27-33)41-29-35(55-43-20-10-7-17-36(43)37-18-8-11-21-44(37)55)30-42(48(41)56-45)51-53-49(32-15-5-2-6-16-32)52-50(54-51)34-24-26-47-40(28-34)38-19-9-12-22-46(38)57-47/h1-30H. The minimum absolute atomic E-state index is 0.545. The Kier molecular flexibility index (Phi) is 7.03. The molecule has 0 unspecified atom stereocenters. The van der Waals surface area contributed by atoms with Crippen molar-refractivity contribution in [1.29, 1.82) is 0 Å². The maximum Gasteiger partial charge on any atom is 0.167 e. The smallest absolute Gasteiger partial charge is 0.167 e. The number of benzene rings is 8. The fourth-order valence-corrected chi connectivity index (χ4v) is 9.46. The molecule has 0 saturated carbocycles. The maximum absolute atomic E-state index is 6.85. The van der Waals surface area contributed by atoms with Crippen molar-refractivity contribution in [1.82, 2.24) is 19.5 Å². The van der Waals surface area contributed by atoms with Crippen LogP contribution in [-0.2, 0) is 0 Å². The van der Waals surface area contributed by atoms with Gasteiger partial charge in [-0.3, -0.25) is 0 Å². The maximum atomic E-state index is 6.85. The summed E-state index contributed by atoms with van der Waals surface area (Å²) < 4.78 is 11.7. The number of hydrogen-bond donors (Lipinski definition) is 0. The van der Waals surface area contributed by atoms with Crippen LogP contribution in [0.5, 0.6) is 0 Å². The summed E-state index contributed by atoms with van der Waals surface area (Å²) in [6.45, 7) is 0. The van der Waals surface area contributed by atoms with Crippen molar-refractivity contribution in [3.63, 3.8) is 0 Å². The zero-order valence-electron chi connectivity index (χ0n) is 30.4. The summed E-state index contributed by atoms with van der Waals surface area (Å²) in [6.07, 6.45) is 0. The number of rotatable bonds is 5. The highest BCUT2D eigenvalue weighted by atomic mass is 32.1. The Morgan fingerprint density at radius 3 is 1.72 bits per heavy atom. The number of fused-ring (bicyclic) bond motifs is 9. The van der Waals surface area contributed by atoms with E-state index in [4.69, 9.17) is 19.4 Å². The Balaban J connectivity index is 1.17. The molecule has 4 aromatic heterocycles. The van der Waals surface area contributed by atoms with E-state index in [1.54, 1.807) is 11.3 Å². The number of nitrogens with zero attached hydrogens (tertiary/aromatic N) is 4. The van der Waals surface area contributed by atoms with Gasteiger partial charge in [-0.15, -0.1) is 11.3 Å². The van der Waals surface area contributed by atoms with Gasteiger partial charge in [0.1, 0.15) is 11.2 Å². The molecule has 0 aliphatic rings. The van der Waals surface area contributed by atoms with Crippen LogP contribution in [0.1, 0.15) is 0 Å². The van der Waals surface area contributed by atoms with Crippen LogP contribution in [0.2, 0.25) is 0 Å². The van der Waals surface area contributed by atoms with E-state index in [0.717, 1.165) is 66.5 Å². The molecule has 0 aliphatic carbocycles. The molecule has 0 saturated heterocycles. The van der Waals surface area contributed by atoms with Crippen LogP contribution < -0.4 is 0 Å². The molecule has 0 atom stereocenters. The van der Waals surface area contributed by atoms with Crippen LogP contribution in [0.15, 0.2) is 186 Å². The molecule has 57 heavy (non-hydrogen) atoms. The molecule has 12 aromatic rings. The first-order chi connectivity index (χ1) is 28.2. The summed E-state index contributed by atoms with van der Waals surface area (Å²) in [6, 6.07) is 63.8. The molecule has 0 amide bonds. The summed E-state index contributed by atoms with van der Waals surface area (Å²) in [5.41, 5.74) is 9.70. The molecule has 0 radical (unpaired) electrons. The first kappa shape index (κ1) is 31.9. The van der Waals surface area contributed by atoms with Crippen molar-refractivity contribution in [2.24, 2.45) is 0 Å². The summed E-state index contributed by atoms with van der Waals surface area (Å²) in [7, 11) is 0. The summed E-state index contributed by atoms with van der Waals surface area (Å²) in [4.78, 5) is 15.7. The van der Waals surface area contributed by atoms with Crippen molar-refractivity contribution >= 4 is 75.3 Å². The van der Waals surface area contributed by atoms with Crippen LogP contribution in [0.25, 0.3) is 115 Å². The van der Waals surface area contributed by atoms with Gasteiger partial charge in [-0.1, -0.05) is 121 Å². The lowest BCUT2D eigenvalue weighted by atomic mass is 10.0. The van der Waals surface area contributed by atoms with Gasteiger partial charge in [0.2, 0.25) is 0 Å². The lowest BCUT2D eigenvalue weighted by molar-refractivity contribution is 0.669. The first-order valence-corrected chi connectivity index (χ1v) is 19.8. The Morgan fingerprint density at radius 1 is 0.386 bits per heavy atom. The number of furan rings is 1. The van der Waals surface area contributed by atoms with E-state index in [0.29, 0.717) is 17.5 Å². The van der Waals surface area contributed by atoms with Gasteiger partial charge >= 0.3 is 0 Å². The highest BCUT2D eigenvalue weighted by Crippen LogP contribution is 2.42. The Labute approximate surface area is 330 Å². The molecule has 6 heteroatoms. The molecule has 0 fully saturated rings. The van der Waals surface area contributed by atoms with Crippen molar-refractivity contribution < 1.29 is 4.42 Å². The number of hydrogen-bond acceptors (Lipinski definition) is 5.